The Morgan fingerprint density at radius 3 is 1.82 bits per heavy atom. The number of hydrogen-bond donors (Lipinski definition) is 1. The van der Waals surface area contributed by atoms with Crippen LogP contribution in [0.15, 0.2) is 150 Å². The van der Waals surface area contributed by atoms with Crippen LogP contribution in [0.4, 0.5) is 0 Å². The van der Waals surface area contributed by atoms with Crippen LogP contribution in [-0.2, 0) is 5.41 Å². The fourth-order valence-electron chi connectivity index (χ4n) is 7.26. The van der Waals surface area contributed by atoms with Gasteiger partial charge in [0.1, 0.15) is 11.7 Å². The van der Waals surface area contributed by atoms with Gasteiger partial charge in [-0.3, -0.25) is 0 Å². The molecule has 0 saturated carbocycles. The molecule has 1 unspecified atom stereocenters. The maximum atomic E-state index is 5.35. The number of nitrogens with zero attached hydrogens (tertiary/aromatic N) is 2. The van der Waals surface area contributed by atoms with Crippen LogP contribution in [0.5, 0.6) is 0 Å². The average Bonchev–Trinajstić information content (AvgIpc) is 3.32. The highest BCUT2D eigenvalue weighted by atomic mass is 15.2. The largest absolute Gasteiger partial charge is 0.324 e. The summed E-state index contributed by atoms with van der Waals surface area (Å²) in [6.07, 6.45) is -0.381. The van der Waals surface area contributed by atoms with Crippen LogP contribution in [0.25, 0.3) is 43.4 Å². The molecule has 1 aliphatic heterocycles. The maximum absolute atomic E-state index is 5.35. The zero-order chi connectivity index (χ0) is 30.1. The molecule has 0 spiro atoms. The van der Waals surface area contributed by atoms with Crippen molar-refractivity contribution in [2.45, 2.75) is 25.4 Å². The Hall–Kier alpha value is -5.54. The Labute approximate surface area is 262 Å². The molecule has 1 atom stereocenters. The molecule has 0 bridgehead atoms. The quantitative estimate of drug-likeness (QED) is 0.223. The summed E-state index contributed by atoms with van der Waals surface area (Å²) >= 11 is 0. The molecular formula is C42H31N3. The molecule has 1 aliphatic carbocycles. The first-order valence-corrected chi connectivity index (χ1v) is 15.6. The molecule has 0 aromatic heterocycles. The highest BCUT2D eigenvalue weighted by Gasteiger charge is 2.38. The van der Waals surface area contributed by atoms with Crippen molar-refractivity contribution in [1.82, 2.24) is 5.32 Å². The number of fused-ring (bicyclic) bond motifs is 6. The number of aliphatic imine (C=N–C) groups is 2. The van der Waals surface area contributed by atoms with E-state index in [0.29, 0.717) is 0 Å². The summed E-state index contributed by atoms with van der Waals surface area (Å²) in [7, 11) is 0. The van der Waals surface area contributed by atoms with E-state index in [1.54, 1.807) is 0 Å². The zero-order valence-corrected chi connectivity index (χ0v) is 25.3. The summed E-state index contributed by atoms with van der Waals surface area (Å²) in [6.45, 7) is 4.68. The highest BCUT2D eigenvalue weighted by molar-refractivity contribution is 6.19. The van der Waals surface area contributed by atoms with Gasteiger partial charge in [0.25, 0.3) is 0 Å². The molecule has 1 heterocycles. The third kappa shape index (κ3) is 4.12. The molecule has 0 saturated heterocycles. The van der Waals surface area contributed by atoms with Gasteiger partial charge in [0.15, 0.2) is 6.17 Å². The molecule has 0 radical (unpaired) electrons. The lowest BCUT2D eigenvalue weighted by atomic mass is 9.81. The first-order valence-electron chi connectivity index (χ1n) is 15.6. The van der Waals surface area contributed by atoms with Gasteiger partial charge in [-0.2, -0.15) is 0 Å². The molecule has 2 aliphatic rings. The van der Waals surface area contributed by atoms with E-state index < -0.39 is 0 Å². The average molecular weight is 578 g/mol. The minimum Gasteiger partial charge on any atom is -0.324 e. The molecule has 214 valence electrons. The summed E-state index contributed by atoms with van der Waals surface area (Å²) in [5.74, 6) is 1.68. The van der Waals surface area contributed by atoms with Gasteiger partial charge < -0.3 is 5.32 Å². The van der Waals surface area contributed by atoms with Crippen LogP contribution in [0, 0.1) is 0 Å². The maximum Gasteiger partial charge on any atom is 0.169 e. The van der Waals surface area contributed by atoms with Crippen molar-refractivity contribution in [1.29, 1.82) is 0 Å². The predicted octanol–water partition coefficient (Wildman–Crippen LogP) is 9.95. The van der Waals surface area contributed by atoms with Gasteiger partial charge in [0, 0.05) is 16.5 Å². The monoisotopic (exact) mass is 577 g/mol. The normalized spacial score (nSPS) is 16.6. The van der Waals surface area contributed by atoms with Crippen LogP contribution >= 0.6 is 0 Å². The first kappa shape index (κ1) is 25.9. The van der Waals surface area contributed by atoms with Gasteiger partial charge >= 0.3 is 0 Å². The molecule has 3 heteroatoms. The Morgan fingerprint density at radius 2 is 1.09 bits per heavy atom. The number of hydrogen-bond acceptors (Lipinski definition) is 3. The fourth-order valence-corrected chi connectivity index (χ4v) is 7.26. The topological polar surface area (TPSA) is 36.8 Å². The molecule has 3 nitrogen and oxygen atoms in total. The molecular weight excluding hydrogens is 546 g/mol. The summed E-state index contributed by atoms with van der Waals surface area (Å²) in [6, 6.07) is 50.2. The van der Waals surface area contributed by atoms with E-state index in [9.17, 15) is 0 Å². The van der Waals surface area contributed by atoms with Crippen molar-refractivity contribution in [3.8, 4) is 11.1 Å². The van der Waals surface area contributed by atoms with Gasteiger partial charge in [-0.25, -0.2) is 9.98 Å². The van der Waals surface area contributed by atoms with Gasteiger partial charge in [-0.05, 0) is 84.4 Å². The van der Waals surface area contributed by atoms with Crippen LogP contribution in [-0.4, -0.2) is 11.7 Å². The molecule has 0 amide bonds. The van der Waals surface area contributed by atoms with Crippen molar-refractivity contribution in [2.24, 2.45) is 9.98 Å². The van der Waals surface area contributed by atoms with Crippen molar-refractivity contribution in [3.63, 3.8) is 0 Å². The van der Waals surface area contributed by atoms with Gasteiger partial charge in [0.05, 0.1) is 0 Å². The van der Waals surface area contributed by atoms with Crippen LogP contribution in [0.3, 0.4) is 0 Å². The SMILES string of the molecule is CC1(C)c2cc3ccccc3cc2-c2c(C3=NC(c4ccc5ccccc5c4)N=C(c4ccc5ccccc5c4)N3)cccc21. The molecule has 45 heavy (non-hydrogen) atoms. The Bertz CT molecular complexity index is 2390. The van der Waals surface area contributed by atoms with Gasteiger partial charge in [0.2, 0.25) is 0 Å². The minimum absolute atomic E-state index is 0.132. The fraction of sp³-hybridized carbons (Fsp3) is 0.0952. The van der Waals surface area contributed by atoms with Crippen molar-refractivity contribution >= 4 is 44.0 Å². The van der Waals surface area contributed by atoms with E-state index in [1.165, 1.54) is 54.6 Å². The molecule has 9 rings (SSSR count). The number of benzene rings is 7. The second kappa shape index (κ2) is 9.73. The molecule has 0 fully saturated rings. The number of amidine groups is 2. The van der Waals surface area contributed by atoms with Crippen molar-refractivity contribution in [3.05, 3.63) is 167 Å². The van der Waals surface area contributed by atoms with E-state index in [-0.39, 0.29) is 11.6 Å². The second-order valence-corrected chi connectivity index (χ2v) is 12.7. The van der Waals surface area contributed by atoms with Crippen LogP contribution in [0.1, 0.15) is 47.8 Å². The third-order valence-electron chi connectivity index (χ3n) is 9.66. The standard InChI is InChI=1S/C42H31N3/c1-42(2)36-17-9-16-34(38(36)35-24-30-14-7-8-15-31(30)25-37(35)42)41-44-39(32-20-18-26-10-3-5-12-28(26)22-32)43-40(45-41)33-21-19-27-11-4-6-13-29(27)23-33/h3-25,39H,1-2H3,(H,43,44,45). The number of rotatable bonds is 3. The minimum atomic E-state index is -0.381. The Balaban J connectivity index is 1.24. The first-order chi connectivity index (χ1) is 22.0. The van der Waals surface area contributed by atoms with Gasteiger partial charge in [-0.15, -0.1) is 0 Å². The zero-order valence-electron chi connectivity index (χ0n) is 25.3. The number of nitrogens with one attached hydrogen (secondary N) is 1. The second-order valence-electron chi connectivity index (χ2n) is 12.7. The van der Waals surface area contributed by atoms with Crippen LogP contribution in [0.2, 0.25) is 0 Å². The lowest BCUT2D eigenvalue weighted by Crippen LogP contribution is -2.36. The van der Waals surface area contributed by atoms with E-state index in [0.717, 1.165) is 28.4 Å². The molecule has 7 aromatic rings. The Morgan fingerprint density at radius 1 is 0.489 bits per heavy atom. The lowest BCUT2D eigenvalue weighted by Gasteiger charge is -2.25. The summed E-state index contributed by atoms with van der Waals surface area (Å²) in [4.78, 5) is 10.6. The van der Waals surface area contributed by atoms with Crippen molar-refractivity contribution < 1.29 is 0 Å². The van der Waals surface area contributed by atoms with Crippen LogP contribution < -0.4 is 5.32 Å². The van der Waals surface area contributed by atoms with E-state index in [2.05, 4.69) is 159 Å². The molecule has 1 N–H and O–H groups in total. The third-order valence-corrected chi connectivity index (χ3v) is 9.66. The summed E-state index contributed by atoms with van der Waals surface area (Å²) in [5.41, 5.74) is 8.32. The lowest BCUT2D eigenvalue weighted by molar-refractivity contribution is 0.661. The van der Waals surface area contributed by atoms with E-state index in [1.807, 2.05) is 0 Å². The van der Waals surface area contributed by atoms with E-state index in [4.69, 9.17) is 9.98 Å². The highest BCUT2D eigenvalue weighted by Crippen LogP contribution is 2.51. The molecule has 7 aromatic carbocycles. The summed E-state index contributed by atoms with van der Waals surface area (Å²) < 4.78 is 0. The van der Waals surface area contributed by atoms with Crippen molar-refractivity contribution in [2.75, 3.05) is 0 Å². The van der Waals surface area contributed by atoms with E-state index >= 15 is 0 Å². The Kier molecular flexibility index (Phi) is 5.61. The van der Waals surface area contributed by atoms with Gasteiger partial charge in [-0.1, -0.05) is 129 Å². The summed E-state index contributed by atoms with van der Waals surface area (Å²) in [5, 5.41) is 11.0. The smallest absolute Gasteiger partial charge is 0.169 e. The predicted molar refractivity (Wildman–Crippen MR) is 188 cm³/mol.